The number of benzene rings is 1. The highest BCUT2D eigenvalue weighted by Gasteiger charge is 2.20. The first-order chi connectivity index (χ1) is 16.3. The van der Waals surface area contributed by atoms with Crippen LogP contribution in [0.5, 0.6) is 0 Å². The van der Waals surface area contributed by atoms with Crippen molar-refractivity contribution in [1.82, 2.24) is 14.5 Å². The zero-order chi connectivity index (χ0) is 24.3. The Morgan fingerprint density at radius 1 is 1.09 bits per heavy atom. The van der Waals surface area contributed by atoms with Gasteiger partial charge in [0.25, 0.3) is 15.9 Å². The maximum absolute atomic E-state index is 13.1. The maximum Gasteiger partial charge on any atom is 0.284 e. The summed E-state index contributed by atoms with van der Waals surface area (Å²) in [4.78, 5) is 19.2. The predicted molar refractivity (Wildman–Crippen MR) is 133 cm³/mol. The minimum absolute atomic E-state index is 0.0521. The van der Waals surface area contributed by atoms with E-state index in [2.05, 4.69) is 14.7 Å². The lowest BCUT2D eigenvalue weighted by atomic mass is 10.2. The second-order valence-corrected chi connectivity index (χ2v) is 10.1. The van der Waals surface area contributed by atoms with Crippen LogP contribution in [-0.2, 0) is 10.0 Å². The molecule has 0 aliphatic carbocycles. The van der Waals surface area contributed by atoms with E-state index >= 15 is 0 Å². The molecule has 1 N–H and O–H groups in total. The fraction of sp³-hybridized carbons (Fsp3) is 0.320. The van der Waals surface area contributed by atoms with E-state index in [0.29, 0.717) is 23.5 Å². The van der Waals surface area contributed by atoms with Crippen molar-refractivity contribution in [2.45, 2.75) is 44.4 Å². The van der Waals surface area contributed by atoms with Gasteiger partial charge in [0.2, 0.25) is 0 Å². The number of nitrogens with one attached hydrogen (secondary N) is 1. The molecule has 0 radical (unpaired) electrons. The summed E-state index contributed by atoms with van der Waals surface area (Å²) < 4.78 is 32.1. The molecule has 0 spiro atoms. The van der Waals surface area contributed by atoms with Crippen LogP contribution < -0.4 is 5.32 Å². The van der Waals surface area contributed by atoms with Crippen LogP contribution in [0.1, 0.15) is 47.4 Å². The smallest absolute Gasteiger partial charge is 0.284 e. The summed E-state index contributed by atoms with van der Waals surface area (Å²) >= 11 is 0. The number of aryl methyl sites for hydroxylation is 1. The van der Waals surface area contributed by atoms with Crippen LogP contribution in [-0.4, -0.2) is 48.2 Å². The Bertz CT molecular complexity index is 1330. The molecule has 1 fully saturated rings. The third kappa shape index (κ3) is 5.04. The number of hydrogen-bond donors (Lipinski definition) is 1. The van der Waals surface area contributed by atoms with E-state index in [0.717, 1.165) is 42.9 Å². The molecule has 178 valence electrons. The lowest BCUT2D eigenvalue weighted by Gasteiger charge is -2.17. The molecule has 4 rings (SSSR count). The van der Waals surface area contributed by atoms with Crippen LogP contribution in [0.25, 0.3) is 5.69 Å². The zero-order valence-corrected chi connectivity index (χ0v) is 20.5. The lowest BCUT2D eigenvalue weighted by Crippen LogP contribution is -2.26. The average Bonchev–Trinajstić information content (AvgIpc) is 2.97. The molecule has 3 aromatic rings. The van der Waals surface area contributed by atoms with Crippen molar-refractivity contribution < 1.29 is 13.2 Å². The fourth-order valence-corrected chi connectivity index (χ4v) is 5.38. The van der Waals surface area contributed by atoms with Crippen LogP contribution in [0.4, 0.5) is 5.69 Å². The minimum Gasteiger partial charge on any atom is -0.362 e. The molecule has 0 unspecified atom stereocenters. The van der Waals surface area contributed by atoms with E-state index in [9.17, 15) is 13.2 Å². The summed E-state index contributed by atoms with van der Waals surface area (Å²) in [6.45, 7) is 4.59. The molecule has 34 heavy (non-hydrogen) atoms. The monoisotopic (exact) mass is 479 g/mol. The van der Waals surface area contributed by atoms with E-state index in [1.54, 1.807) is 24.5 Å². The van der Waals surface area contributed by atoms with Crippen molar-refractivity contribution in [1.29, 1.82) is 0 Å². The first kappa shape index (κ1) is 23.7. The Kier molecular flexibility index (Phi) is 6.83. The Hall–Kier alpha value is -3.46. The van der Waals surface area contributed by atoms with Gasteiger partial charge in [-0.15, -0.1) is 4.40 Å². The standard InChI is InChI=1S/C25H29N5O3S/c1-18-15-23(19(2)30(18)21-10-8-13-26-17-21)25(31)27-20-9-7-11-22(16-20)34(32,33)28-24-12-5-4-6-14-29(24)3/h7-11,13,15-17H,4-6,12,14H2,1-3H3,(H,27,31)/b28-24-. The summed E-state index contributed by atoms with van der Waals surface area (Å²) in [6.07, 6.45) is 7.09. The van der Waals surface area contributed by atoms with Gasteiger partial charge in [-0.3, -0.25) is 9.78 Å². The number of nitrogens with zero attached hydrogens (tertiary/aromatic N) is 4. The van der Waals surface area contributed by atoms with Crippen LogP contribution in [0.2, 0.25) is 0 Å². The van der Waals surface area contributed by atoms with Gasteiger partial charge in [0, 0.05) is 43.3 Å². The molecule has 0 bridgehead atoms. The number of hydrogen-bond acceptors (Lipinski definition) is 4. The van der Waals surface area contributed by atoms with E-state index in [4.69, 9.17) is 0 Å². The number of carbonyl (C=O) groups excluding carboxylic acids is 1. The SMILES string of the molecule is Cc1cc(C(=O)Nc2cccc(S(=O)(=O)/N=C3/CCCCCN3C)c2)c(C)n1-c1cccnc1. The predicted octanol–water partition coefficient (Wildman–Crippen LogP) is 4.33. The number of carbonyl (C=O) groups is 1. The largest absolute Gasteiger partial charge is 0.362 e. The topological polar surface area (TPSA) is 96.7 Å². The number of rotatable bonds is 5. The zero-order valence-electron chi connectivity index (χ0n) is 19.7. The number of aromatic nitrogens is 2. The first-order valence-corrected chi connectivity index (χ1v) is 12.8. The van der Waals surface area contributed by atoms with Crippen molar-refractivity contribution in [3.63, 3.8) is 0 Å². The van der Waals surface area contributed by atoms with Gasteiger partial charge in [0.1, 0.15) is 5.84 Å². The third-order valence-corrected chi connectivity index (χ3v) is 7.33. The van der Waals surface area contributed by atoms with Gasteiger partial charge < -0.3 is 14.8 Å². The van der Waals surface area contributed by atoms with Crippen molar-refractivity contribution in [2.75, 3.05) is 18.9 Å². The van der Waals surface area contributed by atoms with Gasteiger partial charge in [-0.05, 0) is 63.1 Å². The van der Waals surface area contributed by atoms with E-state index < -0.39 is 10.0 Å². The highest BCUT2D eigenvalue weighted by Crippen LogP contribution is 2.23. The minimum atomic E-state index is -3.89. The quantitative estimate of drug-likeness (QED) is 0.587. The third-order valence-electron chi connectivity index (χ3n) is 6.03. The summed E-state index contributed by atoms with van der Waals surface area (Å²) in [7, 11) is -2.02. The van der Waals surface area contributed by atoms with Crippen molar-refractivity contribution in [3.8, 4) is 5.69 Å². The van der Waals surface area contributed by atoms with Crippen LogP contribution in [0.3, 0.4) is 0 Å². The second-order valence-electron chi connectivity index (χ2n) is 8.53. The van der Waals surface area contributed by atoms with Crippen LogP contribution >= 0.6 is 0 Å². The number of likely N-dealkylation sites (tertiary alicyclic amines) is 1. The van der Waals surface area contributed by atoms with Gasteiger partial charge in [0.05, 0.1) is 22.3 Å². The van der Waals surface area contributed by atoms with E-state index in [-0.39, 0.29) is 10.8 Å². The normalized spacial score (nSPS) is 15.9. The highest BCUT2D eigenvalue weighted by atomic mass is 32.2. The molecular weight excluding hydrogens is 450 g/mol. The van der Waals surface area contributed by atoms with Crippen molar-refractivity contribution >= 4 is 27.5 Å². The molecule has 9 heteroatoms. The second kappa shape index (κ2) is 9.80. The van der Waals surface area contributed by atoms with E-state index in [1.165, 1.54) is 12.1 Å². The summed E-state index contributed by atoms with van der Waals surface area (Å²) in [5.41, 5.74) is 3.44. The number of anilines is 1. The van der Waals surface area contributed by atoms with Gasteiger partial charge in [-0.25, -0.2) is 0 Å². The first-order valence-electron chi connectivity index (χ1n) is 11.3. The number of pyridine rings is 1. The Morgan fingerprint density at radius 3 is 2.68 bits per heavy atom. The van der Waals surface area contributed by atoms with E-state index in [1.807, 2.05) is 48.6 Å². The number of amidine groups is 1. The molecule has 1 aliphatic rings. The number of sulfonamides is 1. The molecule has 3 heterocycles. The molecule has 1 saturated heterocycles. The summed E-state index contributed by atoms with van der Waals surface area (Å²) in [6, 6.07) is 11.8. The Morgan fingerprint density at radius 2 is 1.91 bits per heavy atom. The average molecular weight is 480 g/mol. The Labute approximate surface area is 200 Å². The summed E-state index contributed by atoms with van der Waals surface area (Å²) in [5.74, 6) is 0.266. The van der Waals surface area contributed by atoms with Crippen molar-refractivity contribution in [2.24, 2.45) is 4.40 Å². The lowest BCUT2D eigenvalue weighted by molar-refractivity contribution is 0.102. The molecule has 1 amide bonds. The molecule has 0 saturated carbocycles. The molecule has 2 aromatic heterocycles. The summed E-state index contributed by atoms with van der Waals surface area (Å²) in [5, 5.41) is 2.83. The molecule has 0 atom stereocenters. The van der Waals surface area contributed by atoms with Crippen LogP contribution in [0.15, 0.2) is 64.2 Å². The van der Waals surface area contributed by atoms with Gasteiger partial charge in [-0.2, -0.15) is 8.42 Å². The maximum atomic E-state index is 13.1. The van der Waals surface area contributed by atoms with Crippen LogP contribution in [0, 0.1) is 13.8 Å². The van der Waals surface area contributed by atoms with Crippen molar-refractivity contribution in [3.05, 3.63) is 71.8 Å². The molecular formula is C25H29N5O3S. The Balaban J connectivity index is 1.58. The molecule has 8 nitrogen and oxygen atoms in total. The molecule has 1 aromatic carbocycles. The number of amides is 1. The molecule has 1 aliphatic heterocycles. The highest BCUT2D eigenvalue weighted by molar-refractivity contribution is 7.90. The van der Waals surface area contributed by atoms with Gasteiger partial charge >= 0.3 is 0 Å². The van der Waals surface area contributed by atoms with Gasteiger partial charge in [-0.1, -0.05) is 12.5 Å². The fourth-order valence-electron chi connectivity index (χ4n) is 4.24. The van der Waals surface area contributed by atoms with Gasteiger partial charge in [0.15, 0.2) is 0 Å².